The molecule has 152 valence electrons. The maximum Gasteiger partial charge on any atom is 0.311 e. The van der Waals surface area contributed by atoms with Gasteiger partial charge in [0.15, 0.2) is 6.61 Å². The lowest BCUT2D eigenvalue weighted by atomic mass is 10.1. The summed E-state index contributed by atoms with van der Waals surface area (Å²) >= 11 is 0. The summed E-state index contributed by atoms with van der Waals surface area (Å²) in [5, 5.41) is 2.63. The zero-order valence-corrected chi connectivity index (χ0v) is 16.2. The van der Waals surface area contributed by atoms with Crippen molar-refractivity contribution in [2.45, 2.75) is 6.42 Å². The first-order valence-corrected chi connectivity index (χ1v) is 9.05. The third-order valence-electron chi connectivity index (χ3n) is 4.52. The third kappa shape index (κ3) is 5.04. The largest absolute Gasteiger partial charge is 0.497 e. The van der Waals surface area contributed by atoms with Crippen molar-refractivity contribution < 1.29 is 28.6 Å². The van der Waals surface area contributed by atoms with Crippen LogP contribution in [0.25, 0.3) is 0 Å². The van der Waals surface area contributed by atoms with Gasteiger partial charge in [0.05, 0.1) is 20.1 Å². The molecule has 8 nitrogen and oxygen atoms in total. The van der Waals surface area contributed by atoms with E-state index in [1.807, 2.05) is 0 Å². The van der Waals surface area contributed by atoms with Crippen molar-refractivity contribution in [2.75, 3.05) is 37.6 Å². The average Bonchev–Trinajstić information content (AvgIpc) is 3.14. The number of benzene rings is 2. The van der Waals surface area contributed by atoms with Crippen molar-refractivity contribution in [3.8, 4) is 11.5 Å². The van der Waals surface area contributed by atoms with Gasteiger partial charge in [-0.05, 0) is 24.3 Å². The summed E-state index contributed by atoms with van der Waals surface area (Å²) in [5.74, 6) is -0.637. The molecule has 0 saturated carbocycles. The molecule has 0 unspecified atom stereocenters. The fourth-order valence-electron chi connectivity index (χ4n) is 3.05. The molecule has 1 heterocycles. The molecule has 0 spiro atoms. The second-order valence-electron chi connectivity index (χ2n) is 6.49. The Labute approximate surface area is 168 Å². The van der Waals surface area contributed by atoms with Gasteiger partial charge >= 0.3 is 5.97 Å². The van der Waals surface area contributed by atoms with Gasteiger partial charge in [0.2, 0.25) is 5.91 Å². The van der Waals surface area contributed by atoms with Crippen molar-refractivity contribution in [1.82, 2.24) is 0 Å². The van der Waals surface area contributed by atoms with Crippen molar-refractivity contribution in [2.24, 2.45) is 5.92 Å². The molecule has 1 atom stereocenters. The van der Waals surface area contributed by atoms with Crippen LogP contribution in [0.1, 0.15) is 6.42 Å². The number of methoxy groups -OCH3 is 2. The van der Waals surface area contributed by atoms with Gasteiger partial charge in [-0.25, -0.2) is 0 Å². The lowest BCUT2D eigenvalue weighted by molar-refractivity contribution is -0.151. The SMILES string of the molecule is COc1cccc(NC(=O)COC(=O)[C@@H]2CC(=O)N(c3cccc(OC)c3)C2)c1. The fraction of sp³-hybridized carbons (Fsp3) is 0.286. The molecule has 1 fully saturated rings. The lowest BCUT2D eigenvalue weighted by Crippen LogP contribution is -2.28. The van der Waals surface area contributed by atoms with Gasteiger partial charge in [0.1, 0.15) is 11.5 Å². The number of nitrogens with zero attached hydrogens (tertiary/aromatic N) is 1. The number of nitrogens with one attached hydrogen (secondary N) is 1. The number of carbonyl (C=O) groups is 3. The van der Waals surface area contributed by atoms with Crippen LogP contribution in [0.15, 0.2) is 48.5 Å². The van der Waals surface area contributed by atoms with Crippen LogP contribution >= 0.6 is 0 Å². The highest BCUT2D eigenvalue weighted by molar-refractivity contribution is 6.00. The minimum absolute atomic E-state index is 0.0353. The zero-order chi connectivity index (χ0) is 20.8. The summed E-state index contributed by atoms with van der Waals surface area (Å²) in [6.07, 6.45) is 0.0353. The van der Waals surface area contributed by atoms with E-state index in [0.717, 1.165) is 0 Å². The maximum absolute atomic E-state index is 12.3. The quantitative estimate of drug-likeness (QED) is 0.719. The molecule has 1 aliphatic heterocycles. The molecule has 2 aromatic rings. The van der Waals surface area contributed by atoms with Crippen LogP contribution in [-0.4, -0.2) is 45.2 Å². The maximum atomic E-state index is 12.3. The van der Waals surface area contributed by atoms with Gasteiger partial charge in [-0.1, -0.05) is 12.1 Å². The van der Waals surface area contributed by atoms with E-state index in [2.05, 4.69) is 5.32 Å². The van der Waals surface area contributed by atoms with E-state index < -0.39 is 24.4 Å². The summed E-state index contributed by atoms with van der Waals surface area (Å²) in [7, 11) is 3.07. The lowest BCUT2D eigenvalue weighted by Gasteiger charge is -2.17. The van der Waals surface area contributed by atoms with Gasteiger partial charge in [-0.2, -0.15) is 0 Å². The highest BCUT2D eigenvalue weighted by Gasteiger charge is 2.36. The Bertz CT molecular complexity index is 914. The predicted octanol–water partition coefficient (Wildman–Crippen LogP) is 2.24. The van der Waals surface area contributed by atoms with Crippen LogP contribution in [0.4, 0.5) is 11.4 Å². The van der Waals surface area contributed by atoms with Crippen LogP contribution < -0.4 is 19.7 Å². The van der Waals surface area contributed by atoms with Gasteiger partial charge in [-0.15, -0.1) is 0 Å². The van der Waals surface area contributed by atoms with Crippen LogP contribution in [-0.2, 0) is 19.1 Å². The second-order valence-corrected chi connectivity index (χ2v) is 6.49. The zero-order valence-electron chi connectivity index (χ0n) is 16.2. The fourth-order valence-corrected chi connectivity index (χ4v) is 3.05. The Hall–Kier alpha value is -3.55. The van der Waals surface area contributed by atoms with Gasteiger partial charge in [-0.3, -0.25) is 14.4 Å². The first-order valence-electron chi connectivity index (χ1n) is 9.05. The van der Waals surface area contributed by atoms with Gasteiger partial charge in [0, 0.05) is 36.5 Å². The van der Waals surface area contributed by atoms with E-state index in [-0.39, 0.29) is 18.9 Å². The number of hydrogen-bond donors (Lipinski definition) is 1. The number of esters is 1. The average molecular weight is 398 g/mol. The molecule has 0 radical (unpaired) electrons. The topological polar surface area (TPSA) is 94.2 Å². The second kappa shape index (κ2) is 9.09. The molecule has 8 heteroatoms. The molecule has 1 saturated heterocycles. The number of ether oxygens (including phenoxy) is 3. The van der Waals surface area contributed by atoms with Crippen LogP contribution in [0.3, 0.4) is 0 Å². The molecule has 29 heavy (non-hydrogen) atoms. The third-order valence-corrected chi connectivity index (χ3v) is 4.52. The Morgan fingerprint density at radius 2 is 1.76 bits per heavy atom. The normalized spacial score (nSPS) is 15.7. The van der Waals surface area contributed by atoms with E-state index >= 15 is 0 Å². The summed E-state index contributed by atoms with van der Waals surface area (Å²) in [6, 6.07) is 13.9. The van der Waals surface area contributed by atoms with E-state index in [9.17, 15) is 14.4 Å². The van der Waals surface area contributed by atoms with Gasteiger partial charge in [0.25, 0.3) is 5.91 Å². The Kier molecular flexibility index (Phi) is 6.33. The Morgan fingerprint density at radius 3 is 2.48 bits per heavy atom. The van der Waals surface area contributed by atoms with E-state index in [0.29, 0.717) is 22.9 Å². The number of hydrogen-bond acceptors (Lipinski definition) is 6. The van der Waals surface area contributed by atoms with Crippen molar-refractivity contribution in [3.05, 3.63) is 48.5 Å². The van der Waals surface area contributed by atoms with E-state index in [1.54, 1.807) is 55.6 Å². The number of rotatable bonds is 7. The monoisotopic (exact) mass is 398 g/mol. The molecule has 0 bridgehead atoms. The van der Waals surface area contributed by atoms with E-state index in [1.165, 1.54) is 12.0 Å². The highest BCUT2D eigenvalue weighted by Crippen LogP contribution is 2.28. The molecule has 1 N–H and O–H groups in total. The standard InChI is InChI=1S/C21H22N2O6/c1-27-17-7-3-5-15(10-17)22-19(24)13-29-21(26)14-9-20(25)23(12-14)16-6-4-8-18(11-16)28-2/h3-8,10-11,14H,9,12-13H2,1-2H3,(H,22,24)/t14-/m1/s1. The minimum atomic E-state index is -0.627. The number of anilines is 2. The predicted molar refractivity (Wildman–Crippen MR) is 106 cm³/mol. The summed E-state index contributed by atoms with van der Waals surface area (Å²) < 4.78 is 15.4. The molecular formula is C21H22N2O6. The Balaban J connectivity index is 1.53. The molecule has 0 aliphatic carbocycles. The van der Waals surface area contributed by atoms with E-state index in [4.69, 9.17) is 14.2 Å². The molecule has 2 amide bonds. The molecule has 2 aromatic carbocycles. The molecule has 3 rings (SSSR count). The summed E-state index contributed by atoms with van der Waals surface area (Å²) in [6.45, 7) is -0.234. The van der Waals surface area contributed by atoms with Crippen LogP contribution in [0, 0.1) is 5.92 Å². The van der Waals surface area contributed by atoms with Gasteiger partial charge < -0.3 is 24.4 Å². The highest BCUT2D eigenvalue weighted by atomic mass is 16.5. The number of carbonyl (C=O) groups excluding carboxylic acids is 3. The summed E-state index contributed by atoms with van der Waals surface area (Å²) in [5.41, 5.74) is 1.19. The van der Waals surface area contributed by atoms with Crippen molar-refractivity contribution >= 4 is 29.2 Å². The molecular weight excluding hydrogens is 376 g/mol. The van der Waals surface area contributed by atoms with Crippen LogP contribution in [0.5, 0.6) is 11.5 Å². The van der Waals surface area contributed by atoms with Crippen LogP contribution in [0.2, 0.25) is 0 Å². The summed E-state index contributed by atoms with van der Waals surface area (Å²) in [4.78, 5) is 38.2. The molecule has 0 aromatic heterocycles. The minimum Gasteiger partial charge on any atom is -0.497 e. The van der Waals surface area contributed by atoms with Crippen molar-refractivity contribution in [3.63, 3.8) is 0 Å². The first kappa shape index (κ1) is 20.2. The first-order chi connectivity index (χ1) is 14.0. The smallest absolute Gasteiger partial charge is 0.311 e. The van der Waals surface area contributed by atoms with Crippen molar-refractivity contribution in [1.29, 1.82) is 0 Å². The molecule has 1 aliphatic rings. The number of amides is 2. The Morgan fingerprint density at radius 1 is 1.07 bits per heavy atom.